The minimum absolute atomic E-state index is 0.797. The maximum atomic E-state index is 4.39. The molecule has 0 radical (unpaired) electrons. The van der Waals surface area contributed by atoms with E-state index < -0.39 is 0 Å². The Morgan fingerprint density at radius 2 is 2.12 bits per heavy atom. The first kappa shape index (κ1) is 9.74. The summed E-state index contributed by atoms with van der Waals surface area (Å²) in [4.78, 5) is 9.87. The van der Waals surface area contributed by atoms with Gasteiger partial charge in [0, 0.05) is 24.0 Å². The van der Waals surface area contributed by atoms with E-state index in [0.29, 0.717) is 0 Å². The van der Waals surface area contributed by atoms with Crippen molar-refractivity contribution < 1.29 is 0 Å². The molecule has 5 heteroatoms. The van der Waals surface area contributed by atoms with Crippen LogP contribution in [0.25, 0.3) is 10.7 Å². The first-order valence-electron chi connectivity index (χ1n) is 4.87. The van der Waals surface area contributed by atoms with Crippen molar-refractivity contribution in [1.82, 2.24) is 14.5 Å². The topological polar surface area (TPSA) is 30.7 Å². The van der Waals surface area contributed by atoms with Gasteiger partial charge in [-0.2, -0.15) is 0 Å². The fourth-order valence-corrected chi connectivity index (χ4v) is 2.89. The molecule has 3 heterocycles. The molecule has 0 fully saturated rings. The van der Waals surface area contributed by atoms with Crippen LogP contribution in [0.2, 0.25) is 0 Å². The summed E-state index contributed by atoms with van der Waals surface area (Å²) >= 11 is 3.38. The highest BCUT2D eigenvalue weighted by Gasteiger charge is 2.07. The molecule has 0 saturated carbocycles. The molecule has 3 aromatic heterocycles. The molecule has 3 aromatic rings. The second kappa shape index (κ2) is 4.19. The quantitative estimate of drug-likeness (QED) is 0.712. The molecule has 0 spiro atoms. The van der Waals surface area contributed by atoms with Gasteiger partial charge < -0.3 is 4.57 Å². The van der Waals surface area contributed by atoms with Gasteiger partial charge >= 0.3 is 0 Å². The molecule has 16 heavy (non-hydrogen) atoms. The standard InChI is InChI=1S/C11H9N3S2/c1-2-9(15-6-1)11-13-3-5-14(11)8-10-12-4-7-16-10/h1-7H,8H2. The number of rotatable bonds is 3. The minimum atomic E-state index is 0.797. The zero-order chi connectivity index (χ0) is 10.8. The highest BCUT2D eigenvalue weighted by atomic mass is 32.1. The van der Waals surface area contributed by atoms with E-state index in [1.807, 2.05) is 30.0 Å². The predicted octanol–water partition coefficient (Wildman–Crippen LogP) is 3.12. The Morgan fingerprint density at radius 1 is 1.12 bits per heavy atom. The number of nitrogens with zero attached hydrogens (tertiary/aromatic N) is 3. The van der Waals surface area contributed by atoms with Gasteiger partial charge in [0.15, 0.2) is 0 Å². The predicted molar refractivity (Wildman–Crippen MR) is 66.8 cm³/mol. The zero-order valence-corrected chi connectivity index (χ0v) is 10.0. The Morgan fingerprint density at radius 3 is 2.88 bits per heavy atom. The average Bonchev–Trinajstić information content (AvgIpc) is 2.98. The molecular formula is C11H9N3S2. The molecule has 3 rings (SSSR count). The third kappa shape index (κ3) is 1.79. The van der Waals surface area contributed by atoms with Gasteiger partial charge in [-0.25, -0.2) is 9.97 Å². The molecule has 0 N–H and O–H groups in total. The van der Waals surface area contributed by atoms with Crippen molar-refractivity contribution in [3.05, 3.63) is 46.5 Å². The van der Waals surface area contributed by atoms with Crippen LogP contribution in [0.3, 0.4) is 0 Å². The fourth-order valence-electron chi connectivity index (χ4n) is 1.54. The highest BCUT2D eigenvalue weighted by Crippen LogP contribution is 2.23. The van der Waals surface area contributed by atoms with E-state index >= 15 is 0 Å². The van der Waals surface area contributed by atoms with Gasteiger partial charge in [-0.3, -0.25) is 0 Å². The molecule has 0 aliphatic heterocycles. The molecule has 0 aliphatic carbocycles. The number of thiazole rings is 1. The normalized spacial score (nSPS) is 10.8. The molecule has 0 unspecified atom stereocenters. The summed E-state index contributed by atoms with van der Waals surface area (Å²) in [7, 11) is 0. The third-order valence-corrected chi connectivity index (χ3v) is 3.88. The molecular weight excluding hydrogens is 238 g/mol. The lowest BCUT2D eigenvalue weighted by atomic mass is 10.4. The average molecular weight is 247 g/mol. The third-order valence-electron chi connectivity index (χ3n) is 2.25. The first-order valence-corrected chi connectivity index (χ1v) is 6.63. The van der Waals surface area contributed by atoms with Crippen LogP contribution < -0.4 is 0 Å². The maximum absolute atomic E-state index is 4.39. The summed E-state index contributed by atoms with van der Waals surface area (Å²) in [6.07, 6.45) is 5.67. The Bertz CT molecular complexity index is 552. The summed E-state index contributed by atoms with van der Waals surface area (Å²) in [5.74, 6) is 1.02. The molecule has 0 atom stereocenters. The van der Waals surface area contributed by atoms with Crippen molar-refractivity contribution in [2.45, 2.75) is 6.54 Å². The summed E-state index contributed by atoms with van der Waals surface area (Å²) in [6, 6.07) is 4.13. The van der Waals surface area contributed by atoms with Crippen LogP contribution >= 0.6 is 22.7 Å². The second-order valence-electron chi connectivity index (χ2n) is 3.28. The lowest BCUT2D eigenvalue weighted by Gasteiger charge is -2.03. The van der Waals surface area contributed by atoms with Gasteiger partial charge in [-0.15, -0.1) is 22.7 Å². The van der Waals surface area contributed by atoms with Crippen molar-refractivity contribution >= 4 is 22.7 Å². The van der Waals surface area contributed by atoms with E-state index in [9.17, 15) is 0 Å². The Labute approximate surface area is 101 Å². The van der Waals surface area contributed by atoms with Gasteiger partial charge in [-0.1, -0.05) is 6.07 Å². The fraction of sp³-hybridized carbons (Fsp3) is 0.0909. The van der Waals surface area contributed by atoms with Gasteiger partial charge in [0.25, 0.3) is 0 Å². The van der Waals surface area contributed by atoms with E-state index in [1.54, 1.807) is 22.7 Å². The van der Waals surface area contributed by atoms with Crippen LogP contribution in [0.1, 0.15) is 5.01 Å². The Hall–Kier alpha value is -1.46. The maximum Gasteiger partial charge on any atom is 0.150 e. The van der Waals surface area contributed by atoms with Crippen LogP contribution in [-0.2, 0) is 6.54 Å². The van der Waals surface area contributed by atoms with Crippen LogP contribution in [0.5, 0.6) is 0 Å². The second-order valence-corrected chi connectivity index (χ2v) is 5.21. The molecule has 0 aliphatic rings. The van der Waals surface area contributed by atoms with Gasteiger partial charge in [0.1, 0.15) is 10.8 Å². The smallest absolute Gasteiger partial charge is 0.150 e. The SMILES string of the molecule is c1csc(-c2nccn2Cc2nccs2)c1. The molecule has 80 valence electrons. The van der Waals surface area contributed by atoms with Gasteiger partial charge in [0.05, 0.1) is 11.4 Å². The molecule has 0 amide bonds. The van der Waals surface area contributed by atoms with E-state index in [4.69, 9.17) is 0 Å². The molecule has 0 aromatic carbocycles. The van der Waals surface area contributed by atoms with Crippen molar-refractivity contribution in [1.29, 1.82) is 0 Å². The lowest BCUT2D eigenvalue weighted by Crippen LogP contribution is -1.99. The summed E-state index contributed by atoms with van der Waals surface area (Å²) < 4.78 is 2.13. The van der Waals surface area contributed by atoms with Crippen molar-refractivity contribution in [3.63, 3.8) is 0 Å². The van der Waals surface area contributed by atoms with Gasteiger partial charge in [0.2, 0.25) is 0 Å². The van der Waals surface area contributed by atoms with E-state index in [0.717, 1.165) is 17.4 Å². The Balaban J connectivity index is 1.94. The number of thiophene rings is 1. The van der Waals surface area contributed by atoms with Gasteiger partial charge in [-0.05, 0) is 11.4 Å². The lowest BCUT2D eigenvalue weighted by molar-refractivity contribution is 0.801. The van der Waals surface area contributed by atoms with Crippen LogP contribution in [0.4, 0.5) is 0 Å². The van der Waals surface area contributed by atoms with Crippen LogP contribution in [0, 0.1) is 0 Å². The number of imidazole rings is 1. The molecule has 3 nitrogen and oxygen atoms in total. The number of aromatic nitrogens is 3. The molecule has 0 bridgehead atoms. The largest absolute Gasteiger partial charge is 0.323 e. The van der Waals surface area contributed by atoms with Crippen LogP contribution in [0.15, 0.2) is 41.5 Å². The van der Waals surface area contributed by atoms with Crippen molar-refractivity contribution in [2.24, 2.45) is 0 Å². The van der Waals surface area contributed by atoms with Crippen LogP contribution in [-0.4, -0.2) is 14.5 Å². The van der Waals surface area contributed by atoms with E-state index in [2.05, 4.69) is 26.0 Å². The summed E-state index contributed by atoms with van der Waals surface area (Å²) in [5.41, 5.74) is 0. The number of hydrogen-bond acceptors (Lipinski definition) is 4. The minimum Gasteiger partial charge on any atom is -0.323 e. The highest BCUT2D eigenvalue weighted by molar-refractivity contribution is 7.13. The van der Waals surface area contributed by atoms with E-state index in [-0.39, 0.29) is 0 Å². The van der Waals surface area contributed by atoms with Crippen molar-refractivity contribution in [3.8, 4) is 10.7 Å². The Kier molecular flexibility index (Phi) is 2.55. The monoisotopic (exact) mass is 247 g/mol. The molecule has 0 saturated heterocycles. The van der Waals surface area contributed by atoms with E-state index in [1.165, 1.54) is 4.88 Å². The summed E-state index contributed by atoms with van der Waals surface area (Å²) in [6.45, 7) is 0.797. The zero-order valence-electron chi connectivity index (χ0n) is 8.41. The first-order chi connectivity index (χ1) is 7.93. The number of hydrogen-bond donors (Lipinski definition) is 0. The van der Waals surface area contributed by atoms with Crippen molar-refractivity contribution in [2.75, 3.05) is 0 Å². The summed E-state index contributed by atoms with van der Waals surface area (Å²) in [5, 5.41) is 5.17.